The molecule has 4 heteroatoms. The van der Waals surface area contributed by atoms with E-state index in [1.807, 2.05) is 17.9 Å². The first kappa shape index (κ1) is 15.0. The Morgan fingerprint density at radius 1 is 1.33 bits per heavy atom. The lowest BCUT2D eigenvalue weighted by Crippen LogP contribution is -2.65. The topological polar surface area (TPSA) is 33.1 Å². The van der Waals surface area contributed by atoms with Gasteiger partial charge in [-0.3, -0.25) is 9.58 Å². The van der Waals surface area contributed by atoms with E-state index in [1.165, 1.54) is 37.8 Å². The van der Waals surface area contributed by atoms with E-state index >= 15 is 0 Å². The Balaban J connectivity index is 1.66. The monoisotopic (exact) mass is 290 g/mol. The van der Waals surface area contributed by atoms with E-state index in [0.717, 1.165) is 31.5 Å². The number of nitrogens with one attached hydrogen (secondary N) is 1. The molecule has 0 amide bonds. The van der Waals surface area contributed by atoms with Gasteiger partial charge in [-0.05, 0) is 43.6 Å². The van der Waals surface area contributed by atoms with E-state index in [9.17, 15) is 0 Å². The lowest BCUT2D eigenvalue weighted by Gasteiger charge is -2.50. The van der Waals surface area contributed by atoms with Crippen LogP contribution in [0.25, 0.3) is 0 Å². The van der Waals surface area contributed by atoms with Crippen molar-refractivity contribution in [1.82, 2.24) is 20.0 Å². The van der Waals surface area contributed by atoms with Crippen LogP contribution in [0.5, 0.6) is 0 Å². The van der Waals surface area contributed by atoms with Crippen LogP contribution in [0.1, 0.15) is 45.1 Å². The van der Waals surface area contributed by atoms with E-state index in [1.54, 1.807) is 0 Å². The molecule has 1 aliphatic carbocycles. The van der Waals surface area contributed by atoms with Crippen molar-refractivity contribution in [2.45, 2.75) is 57.5 Å². The van der Waals surface area contributed by atoms with Crippen molar-refractivity contribution in [3.8, 4) is 0 Å². The third-order valence-corrected chi connectivity index (χ3v) is 5.72. The minimum atomic E-state index is 0.355. The molecule has 4 nitrogen and oxygen atoms in total. The zero-order valence-electron chi connectivity index (χ0n) is 13.8. The van der Waals surface area contributed by atoms with Gasteiger partial charge in [-0.2, -0.15) is 5.10 Å². The molecule has 1 aliphatic heterocycles. The van der Waals surface area contributed by atoms with Crippen LogP contribution in [0.2, 0.25) is 0 Å². The number of piperazine rings is 1. The van der Waals surface area contributed by atoms with Gasteiger partial charge in [-0.25, -0.2) is 0 Å². The molecule has 1 atom stereocenters. The molecule has 1 saturated heterocycles. The number of nitrogens with zero attached hydrogens (tertiary/aromatic N) is 3. The number of hydrogen-bond donors (Lipinski definition) is 1. The normalized spacial score (nSPS) is 26.1. The zero-order valence-corrected chi connectivity index (χ0v) is 13.8. The highest BCUT2D eigenvalue weighted by Gasteiger charge is 2.42. The molecular formula is C17H30N4. The van der Waals surface area contributed by atoms with Crippen molar-refractivity contribution in [2.24, 2.45) is 13.0 Å². The molecule has 1 aromatic rings. The molecule has 0 radical (unpaired) electrons. The third-order valence-electron chi connectivity index (χ3n) is 5.72. The molecule has 2 fully saturated rings. The summed E-state index contributed by atoms with van der Waals surface area (Å²) in [7, 11) is 2.00. The molecule has 1 saturated carbocycles. The van der Waals surface area contributed by atoms with Crippen LogP contribution < -0.4 is 5.32 Å². The maximum absolute atomic E-state index is 4.30. The number of aryl methyl sites for hydroxylation is 1. The Labute approximate surface area is 128 Å². The molecule has 21 heavy (non-hydrogen) atoms. The molecule has 3 rings (SSSR count). The first-order valence-electron chi connectivity index (χ1n) is 8.63. The SMILES string of the molecule is CCC1(CC)CNC(C2CC2)CN1CCc1cnn(C)c1. The van der Waals surface area contributed by atoms with Crippen molar-refractivity contribution in [1.29, 1.82) is 0 Å². The summed E-state index contributed by atoms with van der Waals surface area (Å²) in [5, 5.41) is 8.14. The molecule has 1 unspecified atom stereocenters. The maximum Gasteiger partial charge on any atom is 0.0522 e. The number of aromatic nitrogens is 2. The molecule has 2 aliphatic rings. The summed E-state index contributed by atoms with van der Waals surface area (Å²) >= 11 is 0. The fourth-order valence-corrected chi connectivity index (χ4v) is 3.88. The van der Waals surface area contributed by atoms with Gasteiger partial charge in [-0.15, -0.1) is 0 Å². The van der Waals surface area contributed by atoms with E-state index < -0.39 is 0 Å². The summed E-state index contributed by atoms with van der Waals surface area (Å²) in [6, 6.07) is 0.727. The summed E-state index contributed by atoms with van der Waals surface area (Å²) in [5.74, 6) is 0.942. The first-order chi connectivity index (χ1) is 10.2. The summed E-state index contributed by atoms with van der Waals surface area (Å²) in [6.45, 7) is 8.25. The predicted molar refractivity (Wildman–Crippen MR) is 86.3 cm³/mol. The lowest BCUT2D eigenvalue weighted by atomic mass is 9.86. The minimum Gasteiger partial charge on any atom is -0.311 e. The molecule has 0 spiro atoms. The summed E-state index contributed by atoms with van der Waals surface area (Å²) < 4.78 is 1.91. The second-order valence-corrected chi connectivity index (χ2v) is 6.97. The van der Waals surface area contributed by atoms with Crippen LogP contribution in [0.4, 0.5) is 0 Å². The van der Waals surface area contributed by atoms with E-state index in [-0.39, 0.29) is 0 Å². The van der Waals surface area contributed by atoms with Gasteiger partial charge < -0.3 is 5.32 Å². The Morgan fingerprint density at radius 3 is 2.67 bits per heavy atom. The van der Waals surface area contributed by atoms with Gasteiger partial charge in [0.2, 0.25) is 0 Å². The fourth-order valence-electron chi connectivity index (χ4n) is 3.88. The molecule has 1 aromatic heterocycles. The Hall–Kier alpha value is -0.870. The molecule has 2 heterocycles. The molecule has 0 aromatic carbocycles. The quantitative estimate of drug-likeness (QED) is 0.872. The molecular weight excluding hydrogens is 260 g/mol. The number of rotatable bonds is 6. The Kier molecular flexibility index (Phi) is 4.36. The van der Waals surface area contributed by atoms with Gasteiger partial charge in [0.05, 0.1) is 6.20 Å². The van der Waals surface area contributed by atoms with E-state index in [2.05, 4.69) is 35.4 Å². The summed E-state index contributed by atoms with van der Waals surface area (Å²) in [6.07, 6.45) is 10.6. The smallest absolute Gasteiger partial charge is 0.0522 e. The first-order valence-corrected chi connectivity index (χ1v) is 8.63. The second-order valence-electron chi connectivity index (χ2n) is 6.97. The predicted octanol–water partition coefficient (Wildman–Crippen LogP) is 2.21. The van der Waals surface area contributed by atoms with Gasteiger partial charge >= 0.3 is 0 Å². The van der Waals surface area contributed by atoms with Crippen LogP contribution in [-0.4, -0.2) is 45.9 Å². The lowest BCUT2D eigenvalue weighted by molar-refractivity contribution is 0.0282. The third kappa shape index (κ3) is 3.16. The maximum atomic E-state index is 4.30. The fraction of sp³-hybridized carbons (Fsp3) is 0.824. The minimum absolute atomic E-state index is 0.355. The summed E-state index contributed by atoms with van der Waals surface area (Å²) in [5.41, 5.74) is 1.72. The Morgan fingerprint density at radius 2 is 2.10 bits per heavy atom. The van der Waals surface area contributed by atoms with Crippen molar-refractivity contribution in [3.63, 3.8) is 0 Å². The Bertz CT molecular complexity index is 459. The van der Waals surface area contributed by atoms with Crippen molar-refractivity contribution >= 4 is 0 Å². The van der Waals surface area contributed by atoms with Gasteiger partial charge in [0.15, 0.2) is 0 Å². The van der Waals surface area contributed by atoms with Crippen LogP contribution in [0, 0.1) is 5.92 Å². The van der Waals surface area contributed by atoms with Crippen LogP contribution >= 0.6 is 0 Å². The highest BCUT2D eigenvalue weighted by Crippen LogP contribution is 2.37. The highest BCUT2D eigenvalue weighted by atomic mass is 15.3. The van der Waals surface area contributed by atoms with Crippen molar-refractivity contribution in [3.05, 3.63) is 18.0 Å². The average Bonchev–Trinajstić information content (AvgIpc) is 3.27. The largest absolute Gasteiger partial charge is 0.311 e. The second kappa shape index (κ2) is 6.09. The molecule has 118 valence electrons. The van der Waals surface area contributed by atoms with Crippen molar-refractivity contribution < 1.29 is 0 Å². The van der Waals surface area contributed by atoms with Gasteiger partial charge in [0.1, 0.15) is 0 Å². The molecule has 0 bridgehead atoms. The van der Waals surface area contributed by atoms with Crippen molar-refractivity contribution in [2.75, 3.05) is 19.6 Å². The average molecular weight is 290 g/mol. The molecule has 1 N–H and O–H groups in total. The van der Waals surface area contributed by atoms with Gasteiger partial charge in [-0.1, -0.05) is 13.8 Å². The number of hydrogen-bond acceptors (Lipinski definition) is 3. The van der Waals surface area contributed by atoms with Gasteiger partial charge in [0.25, 0.3) is 0 Å². The summed E-state index contributed by atoms with van der Waals surface area (Å²) in [4.78, 5) is 2.78. The van der Waals surface area contributed by atoms with E-state index in [0.29, 0.717) is 5.54 Å². The van der Waals surface area contributed by atoms with Crippen LogP contribution in [0.3, 0.4) is 0 Å². The highest BCUT2D eigenvalue weighted by molar-refractivity contribution is 5.06. The van der Waals surface area contributed by atoms with Gasteiger partial charge in [0, 0.05) is 44.5 Å². The van der Waals surface area contributed by atoms with Crippen LogP contribution in [-0.2, 0) is 13.5 Å². The van der Waals surface area contributed by atoms with Crippen LogP contribution in [0.15, 0.2) is 12.4 Å². The standard InChI is InChI=1S/C17H30N4/c1-4-17(5-2)13-18-16(15-6-7-15)12-21(17)9-8-14-10-19-20(3)11-14/h10-11,15-16,18H,4-9,12-13H2,1-3H3. The van der Waals surface area contributed by atoms with E-state index in [4.69, 9.17) is 0 Å². The zero-order chi connectivity index (χ0) is 14.9.